The first-order chi connectivity index (χ1) is 35.2. The van der Waals surface area contributed by atoms with Crippen LogP contribution < -0.4 is 14.8 Å². The summed E-state index contributed by atoms with van der Waals surface area (Å²) in [4.78, 5) is 54.3. The van der Waals surface area contributed by atoms with Gasteiger partial charge in [0.05, 0.1) is 41.4 Å². The summed E-state index contributed by atoms with van der Waals surface area (Å²) in [5, 5.41) is 27.8. The van der Waals surface area contributed by atoms with Crippen molar-refractivity contribution in [2.75, 3.05) is 46.6 Å². The highest BCUT2D eigenvalue weighted by molar-refractivity contribution is 7.13. The topological polar surface area (TPSA) is 189 Å². The summed E-state index contributed by atoms with van der Waals surface area (Å²) >= 11 is 1.56. The van der Waals surface area contributed by atoms with Crippen LogP contribution in [0.5, 0.6) is 17.4 Å². The molecule has 0 spiro atoms. The number of phenols is 1. The number of aromatic hydroxyl groups is 1. The number of likely N-dealkylation sites (N-methyl/N-ethyl adjacent to an activating group) is 1. The van der Waals surface area contributed by atoms with Crippen molar-refractivity contribution in [3.05, 3.63) is 148 Å². The molecule has 2 aliphatic heterocycles. The number of carbonyl (C=O) groups is 3. The molecule has 4 aromatic carbocycles. The van der Waals surface area contributed by atoms with E-state index < -0.39 is 23.6 Å². The number of aliphatic hydroxyl groups is 1. The van der Waals surface area contributed by atoms with Crippen LogP contribution in [0.25, 0.3) is 21.6 Å². The van der Waals surface area contributed by atoms with E-state index >= 15 is 0 Å². The molecule has 0 radical (unpaired) electrons. The monoisotopic (exact) mass is 1010 g/mol. The molecule has 3 amide bonds. The number of aryl methyl sites for hydroxylation is 1. The molecule has 4 atom stereocenters. The third-order valence-electron chi connectivity index (χ3n) is 13.5. The number of aromatic nitrogens is 2. The number of thiazole rings is 1. The first-order valence-corrected chi connectivity index (χ1v) is 25.7. The number of benzene rings is 4. The normalized spacial score (nSPS) is 18.3. The van der Waals surface area contributed by atoms with Crippen molar-refractivity contribution >= 4 is 46.0 Å². The molecule has 2 aliphatic rings. The number of β-amino-alcohol motifs (C(OH)–C–C–N with tert-alkyl or cyclic N) is 1. The number of carbonyl (C=O) groups excluding carboxylic acids is 3. The Labute approximate surface area is 430 Å². The van der Waals surface area contributed by atoms with Gasteiger partial charge in [0.15, 0.2) is 11.3 Å². The molecule has 6 aromatic rings. The number of hydrogen-bond acceptors (Lipinski definition) is 13. The van der Waals surface area contributed by atoms with Crippen molar-refractivity contribution in [2.45, 2.75) is 83.9 Å². The Kier molecular flexibility index (Phi) is 16.9. The van der Waals surface area contributed by atoms with E-state index in [9.17, 15) is 24.6 Å². The molecule has 0 saturated carbocycles. The molecule has 2 aromatic heterocycles. The zero-order chi connectivity index (χ0) is 51.6. The number of ether oxygens (including phenoxy) is 3. The highest BCUT2D eigenvalue weighted by Crippen LogP contribution is 2.38. The minimum absolute atomic E-state index is 0.0155. The molecule has 73 heavy (non-hydrogen) atoms. The molecule has 15 nitrogen and oxygen atoms in total. The second kappa shape index (κ2) is 23.6. The van der Waals surface area contributed by atoms with Crippen molar-refractivity contribution in [3.8, 4) is 27.8 Å². The lowest BCUT2D eigenvalue weighted by Crippen LogP contribution is -2.48. The van der Waals surface area contributed by atoms with Crippen LogP contribution in [0, 0.1) is 12.8 Å². The van der Waals surface area contributed by atoms with Crippen LogP contribution in [-0.4, -0.2) is 112 Å². The Balaban J connectivity index is 0.767. The second-order valence-electron chi connectivity index (χ2n) is 18.9. The molecule has 0 bridgehead atoms. The molecule has 0 unspecified atom stereocenters. The number of amides is 3. The van der Waals surface area contributed by atoms with E-state index in [2.05, 4.69) is 34.5 Å². The van der Waals surface area contributed by atoms with Gasteiger partial charge in [-0.05, 0) is 101 Å². The smallest absolute Gasteiger partial charge is 0.257 e. The second-order valence-corrected chi connectivity index (χ2v) is 19.8. The quantitative estimate of drug-likeness (QED) is 0.0435. The number of likely N-dealkylation sites (tertiary alicyclic amines) is 1. The fourth-order valence-corrected chi connectivity index (χ4v) is 10.2. The zero-order valence-electron chi connectivity index (χ0n) is 42.2. The molecule has 16 heteroatoms. The number of amidine groups is 1. The lowest BCUT2D eigenvalue weighted by Gasteiger charge is -2.29. The summed E-state index contributed by atoms with van der Waals surface area (Å²) < 4.78 is 23.3. The van der Waals surface area contributed by atoms with Crippen LogP contribution in [0.15, 0.2) is 124 Å². The standard InChI is InChI=1S/C57H64N6O9S/c1-7-46(38-12-9-8-10-13-38)52(39-17-23-43(64)24-18-39)40-19-25-45(26-20-40)70-29-27-62(6)50(66)14-11-28-69-30-31-71-49-33-48(72-61-49)51(36(2)3)55(67)63-34-44(65)32-47(63)54-59-56(68)57(5,60-54)42-21-15-41(16-22-42)53-37(4)58-35-73-53/h8-10,12-13,15-26,33,35-36,44,47,51,64-65H,7,11,14,27-32,34H2,1-6H3,(H,59,60,68)/b52-46-/t44-,47+,51-,57-/m1/s1. The lowest BCUT2D eigenvalue weighted by atomic mass is 9.88. The minimum atomic E-state index is -1.22. The molecular weight excluding hydrogens is 945 g/mol. The maximum absolute atomic E-state index is 14.4. The van der Waals surface area contributed by atoms with Gasteiger partial charge in [0, 0.05) is 39.1 Å². The van der Waals surface area contributed by atoms with Gasteiger partial charge in [-0.2, -0.15) is 0 Å². The Hall–Kier alpha value is -7.14. The maximum atomic E-state index is 14.4. The highest BCUT2D eigenvalue weighted by atomic mass is 32.1. The van der Waals surface area contributed by atoms with Gasteiger partial charge in [-0.3, -0.25) is 14.4 Å². The van der Waals surface area contributed by atoms with Crippen LogP contribution in [-0.2, 0) is 24.7 Å². The number of nitrogens with zero attached hydrogens (tertiary/aromatic N) is 5. The summed E-state index contributed by atoms with van der Waals surface area (Å²) in [6.45, 7) is 11.3. The largest absolute Gasteiger partial charge is 0.508 e. The molecule has 8 rings (SSSR count). The maximum Gasteiger partial charge on any atom is 0.257 e. The lowest BCUT2D eigenvalue weighted by molar-refractivity contribution is -0.134. The Morgan fingerprint density at radius 1 is 0.932 bits per heavy atom. The number of phenolic OH excluding ortho intramolecular Hbond substituents is 1. The van der Waals surface area contributed by atoms with Gasteiger partial charge in [0.25, 0.3) is 11.8 Å². The third kappa shape index (κ3) is 12.2. The van der Waals surface area contributed by atoms with E-state index in [1.54, 1.807) is 58.8 Å². The number of nitrogens with one attached hydrogen (secondary N) is 1. The highest BCUT2D eigenvalue weighted by Gasteiger charge is 2.48. The number of rotatable bonds is 22. The summed E-state index contributed by atoms with van der Waals surface area (Å²) in [6, 6.07) is 34.2. The van der Waals surface area contributed by atoms with E-state index in [0.29, 0.717) is 55.5 Å². The summed E-state index contributed by atoms with van der Waals surface area (Å²) in [7, 11) is 1.76. The van der Waals surface area contributed by atoms with Crippen molar-refractivity contribution in [1.82, 2.24) is 25.3 Å². The molecule has 1 fully saturated rings. The van der Waals surface area contributed by atoms with Crippen molar-refractivity contribution < 1.29 is 43.3 Å². The zero-order valence-corrected chi connectivity index (χ0v) is 43.1. The number of aliphatic imine (C=N–C) groups is 1. The molecule has 1 saturated heterocycles. The van der Waals surface area contributed by atoms with Crippen LogP contribution in [0.2, 0.25) is 0 Å². The third-order valence-corrected chi connectivity index (χ3v) is 14.4. The van der Waals surface area contributed by atoms with Crippen molar-refractivity contribution in [3.63, 3.8) is 0 Å². The minimum Gasteiger partial charge on any atom is -0.508 e. The van der Waals surface area contributed by atoms with Gasteiger partial charge in [-0.15, -0.1) is 11.3 Å². The Morgan fingerprint density at radius 3 is 2.32 bits per heavy atom. The average Bonchev–Trinajstić information content (AvgIpc) is 4.20. The number of allylic oxidation sites excluding steroid dienone is 1. The molecule has 382 valence electrons. The van der Waals surface area contributed by atoms with E-state index in [-0.39, 0.29) is 61.4 Å². The van der Waals surface area contributed by atoms with Crippen LogP contribution >= 0.6 is 11.3 Å². The van der Waals surface area contributed by atoms with Crippen LogP contribution in [0.1, 0.15) is 93.0 Å². The fraction of sp³-hybridized carbons (Fsp3) is 0.368. The van der Waals surface area contributed by atoms with Gasteiger partial charge in [0.1, 0.15) is 36.5 Å². The van der Waals surface area contributed by atoms with E-state index in [1.807, 2.05) is 99.6 Å². The molecular formula is C57H64N6O9S. The van der Waals surface area contributed by atoms with Crippen molar-refractivity contribution in [2.24, 2.45) is 10.9 Å². The van der Waals surface area contributed by atoms with Crippen molar-refractivity contribution in [1.29, 1.82) is 0 Å². The number of aliphatic hydroxyl groups excluding tert-OH is 1. The fourth-order valence-electron chi connectivity index (χ4n) is 9.43. The van der Waals surface area contributed by atoms with Gasteiger partial charge < -0.3 is 44.1 Å². The van der Waals surface area contributed by atoms with Gasteiger partial charge in [-0.25, -0.2) is 9.98 Å². The van der Waals surface area contributed by atoms with E-state index in [0.717, 1.165) is 44.8 Å². The first-order valence-electron chi connectivity index (χ1n) is 24.9. The number of hydrogen-bond donors (Lipinski definition) is 3. The molecule has 3 N–H and O–H groups in total. The summed E-state index contributed by atoms with van der Waals surface area (Å²) in [5.41, 5.74) is 8.71. The summed E-state index contributed by atoms with van der Waals surface area (Å²) in [6.07, 6.45) is 1.07. The van der Waals surface area contributed by atoms with Crippen LogP contribution in [0.3, 0.4) is 0 Å². The predicted octanol–water partition coefficient (Wildman–Crippen LogP) is 9.04. The van der Waals surface area contributed by atoms with Gasteiger partial charge >= 0.3 is 0 Å². The molecule has 4 heterocycles. The Bertz CT molecular complexity index is 2900. The SMILES string of the molecule is CC/C(=C(\c1ccc(O)cc1)c1ccc(OCCN(C)C(=O)CCCOCCOc2cc([C@H](C(=O)N3C[C@H](O)C[C@H]3C3=N[C@](C)(c4ccc(-c5scnc5C)cc4)C(=O)N3)C(C)C)on2)cc1)c1ccccc1. The van der Waals surface area contributed by atoms with Crippen LogP contribution in [0.4, 0.5) is 0 Å². The predicted molar refractivity (Wildman–Crippen MR) is 281 cm³/mol. The summed E-state index contributed by atoms with van der Waals surface area (Å²) in [5.74, 6) is 0.220. The van der Waals surface area contributed by atoms with E-state index in [1.165, 1.54) is 5.57 Å². The first kappa shape index (κ1) is 52.2. The van der Waals surface area contributed by atoms with Gasteiger partial charge in [-0.1, -0.05) is 99.6 Å². The van der Waals surface area contributed by atoms with E-state index in [4.69, 9.17) is 23.7 Å². The Morgan fingerprint density at radius 2 is 1.64 bits per heavy atom. The average molecular weight is 1010 g/mol. The molecule has 0 aliphatic carbocycles. The van der Waals surface area contributed by atoms with Gasteiger partial charge in [0.2, 0.25) is 11.8 Å².